The average molecular weight is 399 g/mol. The largest absolute Gasteiger partial charge is 0.392 e. The molecule has 1 atom stereocenters. The van der Waals surface area contributed by atoms with Gasteiger partial charge in [-0.1, -0.05) is 18.2 Å². The molecule has 2 aromatic rings. The molecule has 1 aromatic carbocycles. The third kappa shape index (κ3) is 5.84. The molecule has 1 saturated heterocycles. The lowest BCUT2D eigenvalue weighted by molar-refractivity contribution is 0.103. The van der Waals surface area contributed by atoms with Crippen LogP contribution in [0.15, 0.2) is 36.9 Å². The topological polar surface area (TPSA) is 52.5 Å². The van der Waals surface area contributed by atoms with Crippen molar-refractivity contribution >= 4 is 5.82 Å². The van der Waals surface area contributed by atoms with Crippen molar-refractivity contribution in [2.75, 3.05) is 37.6 Å². The van der Waals surface area contributed by atoms with Gasteiger partial charge in [-0.05, 0) is 44.4 Å². The number of hydrogen-bond donors (Lipinski definition) is 1. The Morgan fingerprint density at radius 3 is 2.66 bits per heavy atom. The molecule has 1 unspecified atom stereocenters. The lowest BCUT2D eigenvalue weighted by atomic mass is 10.0. The summed E-state index contributed by atoms with van der Waals surface area (Å²) in [5.74, 6) is 1.48. The maximum absolute atomic E-state index is 13.6. The minimum absolute atomic E-state index is 0.224. The molecule has 0 spiro atoms. The number of β-amino-alcohol motifs (C(OH)–C–C–N with tert-alkyl or cyclic N) is 1. The zero-order valence-corrected chi connectivity index (χ0v) is 17.4. The fraction of sp³-hybridized carbons (Fsp3) is 0.478. The van der Waals surface area contributed by atoms with Gasteiger partial charge in [-0.2, -0.15) is 0 Å². The average Bonchev–Trinajstić information content (AvgIpc) is 2.69. The lowest BCUT2D eigenvalue weighted by Gasteiger charge is -2.37. The van der Waals surface area contributed by atoms with Crippen molar-refractivity contribution in [3.63, 3.8) is 0 Å². The molecule has 5 nitrogen and oxygen atoms in total. The molecule has 6 heteroatoms. The normalized spacial score (nSPS) is 16.1. The predicted molar refractivity (Wildman–Crippen MR) is 115 cm³/mol. The van der Waals surface area contributed by atoms with Crippen molar-refractivity contribution in [1.29, 1.82) is 0 Å². The first-order valence-electron chi connectivity index (χ1n) is 10.3. The Hall–Kier alpha value is -2.31. The highest BCUT2D eigenvalue weighted by Gasteiger charge is 2.23. The molecule has 1 aliphatic heterocycles. The molecule has 0 radical (unpaired) electrons. The van der Waals surface area contributed by atoms with E-state index in [9.17, 15) is 9.50 Å². The minimum Gasteiger partial charge on any atom is -0.392 e. The van der Waals surface area contributed by atoms with Gasteiger partial charge in [0.1, 0.15) is 17.5 Å². The number of anilines is 1. The predicted octanol–water partition coefficient (Wildman–Crippen LogP) is 3.27. The number of piperazine rings is 1. The summed E-state index contributed by atoms with van der Waals surface area (Å²) < 4.78 is 13.6. The van der Waals surface area contributed by atoms with E-state index in [0.717, 1.165) is 67.5 Å². The highest BCUT2D eigenvalue weighted by atomic mass is 19.1. The van der Waals surface area contributed by atoms with Gasteiger partial charge in [0, 0.05) is 50.4 Å². The Morgan fingerprint density at radius 1 is 1.21 bits per heavy atom. The molecular weight excluding hydrogens is 367 g/mol. The molecule has 2 heterocycles. The lowest BCUT2D eigenvalue weighted by Crippen LogP contribution is -2.49. The maximum Gasteiger partial charge on any atom is 0.136 e. The van der Waals surface area contributed by atoms with Crippen molar-refractivity contribution in [2.45, 2.75) is 39.2 Å². The van der Waals surface area contributed by atoms with E-state index in [0.29, 0.717) is 13.0 Å². The number of halogens is 1. The Kier molecular flexibility index (Phi) is 7.34. The number of aromatic nitrogens is 2. The van der Waals surface area contributed by atoms with Crippen molar-refractivity contribution < 1.29 is 9.50 Å². The van der Waals surface area contributed by atoms with Crippen LogP contribution < -0.4 is 4.90 Å². The highest BCUT2D eigenvalue weighted by molar-refractivity contribution is 5.51. The van der Waals surface area contributed by atoms with Crippen LogP contribution in [0.3, 0.4) is 0 Å². The number of nitrogens with zero attached hydrogens (tertiary/aromatic N) is 4. The van der Waals surface area contributed by atoms with Crippen molar-refractivity contribution in [3.8, 4) is 0 Å². The number of aryl methyl sites for hydroxylation is 2. The summed E-state index contributed by atoms with van der Waals surface area (Å²) in [6.07, 6.45) is 3.74. The number of aliphatic hydroxyl groups is 1. The first kappa shape index (κ1) is 21.4. The third-order valence-electron chi connectivity index (χ3n) is 5.42. The number of hydrogen-bond acceptors (Lipinski definition) is 5. The second-order valence-electron chi connectivity index (χ2n) is 7.77. The van der Waals surface area contributed by atoms with Gasteiger partial charge in [-0.3, -0.25) is 4.90 Å². The third-order valence-corrected chi connectivity index (χ3v) is 5.42. The van der Waals surface area contributed by atoms with Gasteiger partial charge < -0.3 is 10.0 Å². The van der Waals surface area contributed by atoms with Gasteiger partial charge in [0.05, 0.1) is 6.10 Å². The van der Waals surface area contributed by atoms with Crippen molar-refractivity contribution in [3.05, 3.63) is 65.4 Å². The number of allylic oxidation sites excluding steroid dienone is 1. The van der Waals surface area contributed by atoms with Crippen LogP contribution in [0.4, 0.5) is 10.2 Å². The van der Waals surface area contributed by atoms with Crippen LogP contribution in [0.1, 0.15) is 35.5 Å². The molecule has 0 saturated carbocycles. The zero-order chi connectivity index (χ0) is 20.8. The second kappa shape index (κ2) is 9.94. The fourth-order valence-electron chi connectivity index (χ4n) is 3.88. The summed E-state index contributed by atoms with van der Waals surface area (Å²) in [4.78, 5) is 13.9. The van der Waals surface area contributed by atoms with E-state index in [1.165, 1.54) is 6.07 Å². The molecule has 1 aromatic heterocycles. The number of aliphatic hydroxyl groups excluding tert-OH is 1. The smallest absolute Gasteiger partial charge is 0.136 e. The molecule has 1 fully saturated rings. The van der Waals surface area contributed by atoms with Crippen LogP contribution in [0.2, 0.25) is 0 Å². The molecule has 29 heavy (non-hydrogen) atoms. The zero-order valence-electron chi connectivity index (χ0n) is 17.4. The molecule has 0 bridgehead atoms. The SMILES string of the molecule is C=CCCC(O)CN1CCN(c2nc(C)nc(C)c2Cc2cccc(F)c2)CC1. The second-order valence-corrected chi connectivity index (χ2v) is 7.77. The molecule has 156 valence electrons. The van der Waals surface area contributed by atoms with E-state index in [1.54, 1.807) is 12.1 Å². The summed E-state index contributed by atoms with van der Waals surface area (Å²) >= 11 is 0. The first-order valence-corrected chi connectivity index (χ1v) is 10.3. The fourth-order valence-corrected chi connectivity index (χ4v) is 3.88. The molecular formula is C23H31FN4O. The van der Waals surface area contributed by atoms with E-state index in [-0.39, 0.29) is 11.9 Å². The first-order chi connectivity index (χ1) is 14.0. The summed E-state index contributed by atoms with van der Waals surface area (Å²) in [5, 5.41) is 10.2. The summed E-state index contributed by atoms with van der Waals surface area (Å²) in [5.41, 5.74) is 2.92. The highest BCUT2D eigenvalue weighted by Crippen LogP contribution is 2.25. The van der Waals surface area contributed by atoms with Gasteiger partial charge in [0.2, 0.25) is 0 Å². The van der Waals surface area contributed by atoms with E-state index in [2.05, 4.69) is 21.4 Å². The number of rotatable bonds is 8. The van der Waals surface area contributed by atoms with E-state index in [1.807, 2.05) is 26.0 Å². The van der Waals surface area contributed by atoms with Crippen molar-refractivity contribution in [1.82, 2.24) is 14.9 Å². The number of benzene rings is 1. The Bertz CT molecular complexity index is 834. The molecule has 1 N–H and O–H groups in total. The van der Waals surface area contributed by atoms with Crippen LogP contribution in [0, 0.1) is 19.7 Å². The quantitative estimate of drug-likeness (QED) is 0.692. The summed E-state index contributed by atoms with van der Waals surface area (Å²) in [7, 11) is 0. The van der Waals surface area contributed by atoms with Crippen LogP contribution in [-0.4, -0.2) is 58.8 Å². The Labute approximate surface area is 172 Å². The van der Waals surface area contributed by atoms with Crippen LogP contribution in [-0.2, 0) is 6.42 Å². The minimum atomic E-state index is -0.313. The standard InChI is InChI=1S/C23H31FN4O/c1-4-5-9-21(29)16-27-10-12-28(13-11-27)23-22(17(2)25-18(3)26-23)15-19-7-6-8-20(24)14-19/h4,6-8,14,21,29H,1,5,9-13,15-16H2,2-3H3. The maximum atomic E-state index is 13.6. The van der Waals surface area contributed by atoms with Crippen molar-refractivity contribution in [2.24, 2.45) is 0 Å². The van der Waals surface area contributed by atoms with E-state index < -0.39 is 0 Å². The summed E-state index contributed by atoms with van der Waals surface area (Å²) in [6.45, 7) is 11.8. The summed E-state index contributed by atoms with van der Waals surface area (Å²) in [6, 6.07) is 6.72. The van der Waals surface area contributed by atoms with Gasteiger partial charge in [-0.15, -0.1) is 6.58 Å². The Balaban J connectivity index is 1.71. The van der Waals surface area contributed by atoms with Gasteiger partial charge in [0.25, 0.3) is 0 Å². The van der Waals surface area contributed by atoms with E-state index in [4.69, 9.17) is 4.98 Å². The Morgan fingerprint density at radius 2 is 1.97 bits per heavy atom. The monoisotopic (exact) mass is 398 g/mol. The van der Waals surface area contributed by atoms with Gasteiger partial charge in [0.15, 0.2) is 0 Å². The molecule has 0 amide bonds. The van der Waals surface area contributed by atoms with Gasteiger partial charge in [-0.25, -0.2) is 14.4 Å². The van der Waals surface area contributed by atoms with E-state index >= 15 is 0 Å². The molecule has 1 aliphatic rings. The molecule has 0 aliphatic carbocycles. The van der Waals surface area contributed by atoms with Crippen LogP contribution in [0.25, 0.3) is 0 Å². The van der Waals surface area contributed by atoms with Gasteiger partial charge >= 0.3 is 0 Å². The molecule has 3 rings (SSSR count). The van der Waals surface area contributed by atoms with Crippen LogP contribution >= 0.6 is 0 Å². The van der Waals surface area contributed by atoms with Crippen LogP contribution in [0.5, 0.6) is 0 Å².